The normalized spacial score (nSPS) is 11.0. The van der Waals surface area contributed by atoms with Gasteiger partial charge in [0, 0.05) is 11.8 Å². The molecule has 1 N–H and O–H groups in total. The van der Waals surface area contributed by atoms with Crippen LogP contribution in [0, 0.1) is 17.0 Å². The number of carbonyl (C=O) groups is 1. The number of benzene rings is 2. The first kappa shape index (κ1) is 17.3. The lowest BCUT2D eigenvalue weighted by atomic mass is 10.1. The summed E-state index contributed by atoms with van der Waals surface area (Å²) in [6.07, 6.45) is -4.82. The number of amides is 1. The van der Waals surface area contributed by atoms with Crippen molar-refractivity contribution in [3.8, 4) is 5.75 Å². The van der Waals surface area contributed by atoms with E-state index >= 15 is 0 Å². The molecule has 0 aliphatic carbocycles. The molecule has 0 spiro atoms. The fourth-order valence-corrected chi connectivity index (χ4v) is 1.99. The van der Waals surface area contributed by atoms with Gasteiger partial charge in [-0.3, -0.25) is 14.9 Å². The average Bonchev–Trinajstić information content (AvgIpc) is 2.48. The minimum atomic E-state index is -4.82. The van der Waals surface area contributed by atoms with Crippen molar-refractivity contribution in [1.82, 2.24) is 0 Å². The van der Waals surface area contributed by atoms with Crippen LogP contribution >= 0.6 is 0 Å². The van der Waals surface area contributed by atoms with E-state index in [1.54, 1.807) is 0 Å². The Morgan fingerprint density at radius 3 is 2.46 bits per heavy atom. The van der Waals surface area contributed by atoms with E-state index in [-0.39, 0.29) is 16.9 Å². The van der Waals surface area contributed by atoms with Crippen molar-refractivity contribution in [3.63, 3.8) is 0 Å². The highest BCUT2D eigenvalue weighted by molar-refractivity contribution is 6.07. The molecule has 2 aromatic rings. The van der Waals surface area contributed by atoms with Gasteiger partial charge in [0.05, 0.1) is 4.92 Å². The van der Waals surface area contributed by atoms with E-state index in [0.29, 0.717) is 5.56 Å². The van der Waals surface area contributed by atoms with E-state index in [1.165, 1.54) is 37.3 Å². The summed E-state index contributed by atoms with van der Waals surface area (Å²) in [4.78, 5) is 22.4. The third-order valence-electron chi connectivity index (χ3n) is 3.03. The van der Waals surface area contributed by atoms with Gasteiger partial charge in [0.2, 0.25) is 0 Å². The molecule has 0 saturated carbocycles. The number of halogens is 3. The van der Waals surface area contributed by atoms with Crippen LogP contribution in [0.25, 0.3) is 0 Å². The Morgan fingerprint density at radius 1 is 1.21 bits per heavy atom. The molecule has 0 aliphatic heterocycles. The predicted octanol–water partition coefficient (Wildman–Crippen LogP) is 4.05. The third-order valence-corrected chi connectivity index (χ3v) is 3.03. The largest absolute Gasteiger partial charge is 0.573 e. The molecule has 0 unspecified atom stereocenters. The SMILES string of the molecule is Cc1cc(OC(F)(F)F)ccc1NC(=O)c1ccccc1[N+](=O)[O-]. The number of nitrogens with one attached hydrogen (secondary N) is 1. The Balaban J connectivity index is 2.23. The molecule has 126 valence electrons. The number of rotatable bonds is 4. The number of nitro groups is 1. The van der Waals surface area contributed by atoms with Crippen molar-refractivity contribution in [2.75, 3.05) is 5.32 Å². The molecule has 1 amide bonds. The van der Waals surface area contributed by atoms with Crippen molar-refractivity contribution in [2.45, 2.75) is 13.3 Å². The van der Waals surface area contributed by atoms with Gasteiger partial charge in [0.15, 0.2) is 0 Å². The fraction of sp³-hybridized carbons (Fsp3) is 0.133. The minimum Gasteiger partial charge on any atom is -0.406 e. The van der Waals surface area contributed by atoms with E-state index in [9.17, 15) is 28.1 Å². The van der Waals surface area contributed by atoms with Gasteiger partial charge < -0.3 is 10.1 Å². The van der Waals surface area contributed by atoms with Crippen molar-refractivity contribution < 1.29 is 27.6 Å². The van der Waals surface area contributed by atoms with Crippen LogP contribution in [0.3, 0.4) is 0 Å². The molecule has 0 aliphatic rings. The number of hydrogen-bond donors (Lipinski definition) is 1. The number of aryl methyl sites for hydroxylation is 1. The second kappa shape index (κ2) is 6.57. The minimum absolute atomic E-state index is 0.155. The highest BCUT2D eigenvalue weighted by atomic mass is 19.4. The molecular formula is C15H11F3N2O4. The van der Waals surface area contributed by atoms with Gasteiger partial charge in [0.1, 0.15) is 11.3 Å². The monoisotopic (exact) mass is 340 g/mol. The first-order valence-corrected chi connectivity index (χ1v) is 6.58. The predicted molar refractivity (Wildman–Crippen MR) is 78.9 cm³/mol. The number of nitrogens with zero attached hydrogens (tertiary/aromatic N) is 1. The van der Waals surface area contributed by atoms with Crippen LogP contribution in [-0.2, 0) is 0 Å². The summed E-state index contributed by atoms with van der Waals surface area (Å²) in [5.41, 5.74) is -0.00134. The van der Waals surface area contributed by atoms with Crippen LogP contribution in [0.2, 0.25) is 0 Å². The van der Waals surface area contributed by atoms with Gasteiger partial charge in [-0.2, -0.15) is 0 Å². The zero-order chi connectivity index (χ0) is 17.9. The number of ether oxygens (including phenoxy) is 1. The highest BCUT2D eigenvalue weighted by Crippen LogP contribution is 2.27. The van der Waals surface area contributed by atoms with Crippen LogP contribution < -0.4 is 10.1 Å². The Labute approximate surface area is 134 Å². The lowest BCUT2D eigenvalue weighted by molar-refractivity contribution is -0.385. The number of alkyl halides is 3. The molecule has 9 heteroatoms. The molecular weight excluding hydrogens is 329 g/mol. The zero-order valence-electron chi connectivity index (χ0n) is 12.3. The van der Waals surface area contributed by atoms with Crippen LogP contribution in [-0.4, -0.2) is 17.2 Å². The highest BCUT2D eigenvalue weighted by Gasteiger charge is 2.31. The maximum absolute atomic E-state index is 12.2. The Morgan fingerprint density at radius 2 is 1.88 bits per heavy atom. The van der Waals surface area contributed by atoms with Crippen LogP contribution in [0.4, 0.5) is 24.5 Å². The molecule has 0 radical (unpaired) electrons. The Hall–Kier alpha value is -3.10. The molecule has 6 nitrogen and oxygen atoms in total. The van der Waals surface area contributed by atoms with Crippen molar-refractivity contribution >= 4 is 17.3 Å². The fourth-order valence-electron chi connectivity index (χ4n) is 1.99. The quantitative estimate of drug-likeness (QED) is 0.672. The number of para-hydroxylation sites is 1. The molecule has 0 fully saturated rings. The molecule has 0 heterocycles. The van der Waals surface area contributed by atoms with Gasteiger partial charge in [-0.15, -0.1) is 13.2 Å². The maximum Gasteiger partial charge on any atom is 0.573 e. The van der Waals surface area contributed by atoms with E-state index in [2.05, 4.69) is 10.1 Å². The topological polar surface area (TPSA) is 81.5 Å². The standard InChI is InChI=1S/C15H11F3N2O4/c1-9-8-10(24-15(16,17)18)6-7-12(9)19-14(21)11-4-2-3-5-13(11)20(22)23/h2-8H,1H3,(H,19,21). The lowest BCUT2D eigenvalue weighted by Crippen LogP contribution is -2.17. The molecule has 0 bridgehead atoms. The summed E-state index contributed by atoms with van der Waals surface area (Å²) in [5.74, 6) is -1.17. The van der Waals surface area contributed by atoms with Gasteiger partial charge in [-0.25, -0.2) is 0 Å². The Kier molecular flexibility index (Phi) is 4.72. The first-order chi connectivity index (χ1) is 11.2. The van der Waals surface area contributed by atoms with E-state index in [0.717, 1.165) is 12.1 Å². The molecule has 0 aromatic heterocycles. The van der Waals surface area contributed by atoms with Gasteiger partial charge >= 0.3 is 6.36 Å². The second-order valence-electron chi connectivity index (χ2n) is 4.75. The van der Waals surface area contributed by atoms with Crippen LogP contribution in [0.5, 0.6) is 5.75 Å². The molecule has 24 heavy (non-hydrogen) atoms. The second-order valence-corrected chi connectivity index (χ2v) is 4.75. The molecule has 2 aromatic carbocycles. The Bertz CT molecular complexity index is 791. The number of anilines is 1. The lowest BCUT2D eigenvalue weighted by Gasteiger charge is -2.12. The third kappa shape index (κ3) is 4.22. The number of hydrogen-bond acceptors (Lipinski definition) is 4. The van der Waals surface area contributed by atoms with Gasteiger partial charge in [-0.05, 0) is 36.8 Å². The maximum atomic E-state index is 12.2. The summed E-state index contributed by atoms with van der Waals surface area (Å²) < 4.78 is 40.3. The summed E-state index contributed by atoms with van der Waals surface area (Å²) >= 11 is 0. The molecule has 2 rings (SSSR count). The molecule has 0 atom stereocenters. The van der Waals surface area contributed by atoms with Crippen molar-refractivity contribution in [2.24, 2.45) is 0 Å². The number of nitro benzene ring substituents is 1. The van der Waals surface area contributed by atoms with Crippen molar-refractivity contribution in [1.29, 1.82) is 0 Å². The van der Waals surface area contributed by atoms with Gasteiger partial charge in [-0.1, -0.05) is 12.1 Å². The van der Waals surface area contributed by atoms with E-state index in [4.69, 9.17) is 0 Å². The summed E-state index contributed by atoms with van der Waals surface area (Å²) in [5, 5.41) is 13.4. The smallest absolute Gasteiger partial charge is 0.406 e. The van der Waals surface area contributed by atoms with Crippen LogP contribution in [0.15, 0.2) is 42.5 Å². The molecule has 0 saturated heterocycles. The number of carbonyl (C=O) groups excluding carboxylic acids is 1. The summed E-state index contributed by atoms with van der Waals surface area (Å²) in [6, 6.07) is 8.71. The van der Waals surface area contributed by atoms with Crippen molar-refractivity contribution in [3.05, 3.63) is 63.7 Å². The summed E-state index contributed by atoms with van der Waals surface area (Å²) in [6.45, 7) is 1.47. The van der Waals surface area contributed by atoms with E-state index in [1.807, 2.05) is 0 Å². The van der Waals surface area contributed by atoms with Crippen LogP contribution in [0.1, 0.15) is 15.9 Å². The van der Waals surface area contributed by atoms with Gasteiger partial charge in [0.25, 0.3) is 11.6 Å². The first-order valence-electron chi connectivity index (χ1n) is 6.58. The average molecular weight is 340 g/mol. The zero-order valence-corrected chi connectivity index (χ0v) is 12.3. The summed E-state index contributed by atoms with van der Waals surface area (Å²) in [7, 11) is 0. The van der Waals surface area contributed by atoms with E-state index < -0.39 is 22.9 Å².